The Morgan fingerprint density at radius 3 is 1.94 bits per heavy atom. The molecule has 0 atom stereocenters. The Hall–Kier alpha value is -0.110. The lowest BCUT2D eigenvalue weighted by Crippen LogP contribution is -1.84. The van der Waals surface area contributed by atoms with Crippen LogP contribution in [0.1, 0.15) is 0 Å². The maximum atomic E-state index is 6.14. The van der Waals surface area contributed by atoms with E-state index in [1.807, 2.05) is 0 Å². The second kappa shape index (κ2) is 5.26. The molecule has 0 N–H and O–H groups in total. The molecule has 0 bridgehead atoms. The molecule has 0 nitrogen and oxygen atoms in total. The molecule has 0 aliphatic heterocycles. The lowest BCUT2D eigenvalue weighted by molar-refractivity contribution is 1.61. The van der Waals surface area contributed by atoms with Gasteiger partial charge >= 0.3 is 0 Å². The average Bonchev–Trinajstić information content (AvgIpc) is 2.29. The van der Waals surface area contributed by atoms with Crippen LogP contribution in [-0.2, 0) is 0 Å². The average molecular weight is 326 g/mol. The zero-order chi connectivity index (χ0) is 12.6. The molecule has 0 aliphatic rings. The van der Waals surface area contributed by atoms with Gasteiger partial charge in [-0.2, -0.15) is 0 Å². The van der Waals surface area contributed by atoms with Crippen molar-refractivity contribution >= 4 is 58.0 Å². The highest BCUT2D eigenvalue weighted by molar-refractivity contribution is 6.47. The van der Waals surface area contributed by atoms with Crippen LogP contribution in [0.25, 0.3) is 11.1 Å². The monoisotopic (exact) mass is 324 g/mol. The van der Waals surface area contributed by atoms with Crippen molar-refractivity contribution in [2.24, 2.45) is 0 Å². The summed E-state index contributed by atoms with van der Waals surface area (Å²) in [6, 6.07) is 8.39. The molecule has 2 aromatic carbocycles. The summed E-state index contributed by atoms with van der Waals surface area (Å²) >= 11 is 30.3. The molecule has 88 valence electrons. The van der Waals surface area contributed by atoms with Crippen molar-refractivity contribution in [1.29, 1.82) is 0 Å². The van der Waals surface area contributed by atoms with Crippen molar-refractivity contribution in [3.63, 3.8) is 0 Å². The normalized spacial score (nSPS) is 10.6. The predicted molar refractivity (Wildman–Crippen MR) is 76.9 cm³/mol. The summed E-state index contributed by atoms with van der Waals surface area (Å²) in [7, 11) is 0. The fraction of sp³-hybridized carbons (Fsp3) is 0. The third-order valence-corrected chi connectivity index (χ3v) is 3.93. The van der Waals surface area contributed by atoms with E-state index < -0.39 is 0 Å². The molecule has 2 aromatic rings. The van der Waals surface area contributed by atoms with Crippen molar-refractivity contribution in [3.05, 3.63) is 55.4 Å². The summed E-state index contributed by atoms with van der Waals surface area (Å²) < 4.78 is 0. The summed E-state index contributed by atoms with van der Waals surface area (Å²) in [5, 5.41) is 2.32. The number of hydrogen-bond donors (Lipinski definition) is 0. The fourth-order valence-corrected chi connectivity index (χ4v) is 2.58. The van der Waals surface area contributed by atoms with Crippen molar-refractivity contribution in [2.75, 3.05) is 0 Å². The molecule has 2 rings (SSSR count). The van der Waals surface area contributed by atoms with Crippen molar-refractivity contribution < 1.29 is 0 Å². The van der Waals surface area contributed by atoms with E-state index in [0.717, 1.165) is 0 Å². The van der Waals surface area contributed by atoms with Gasteiger partial charge in [0.2, 0.25) is 0 Å². The SMILES string of the molecule is Clc1ccc(Cl)c(-c2c(Cl)ccc(Cl)c2Cl)c1. The Balaban J connectivity index is 2.76. The molecule has 0 aliphatic carbocycles. The molecule has 5 heteroatoms. The zero-order valence-electron chi connectivity index (χ0n) is 8.28. The predicted octanol–water partition coefficient (Wildman–Crippen LogP) is 6.62. The van der Waals surface area contributed by atoms with Crippen LogP contribution in [0.15, 0.2) is 30.3 Å². The van der Waals surface area contributed by atoms with Crippen LogP contribution in [0.5, 0.6) is 0 Å². The van der Waals surface area contributed by atoms with E-state index in [0.29, 0.717) is 36.2 Å². The second-order valence-corrected chi connectivity index (χ2v) is 5.38. The molecule has 0 radical (unpaired) electrons. The fourth-order valence-electron chi connectivity index (χ4n) is 1.46. The minimum Gasteiger partial charge on any atom is -0.0843 e. The second-order valence-electron chi connectivity index (χ2n) is 3.34. The zero-order valence-corrected chi connectivity index (χ0v) is 12.1. The molecule has 0 amide bonds. The van der Waals surface area contributed by atoms with E-state index in [4.69, 9.17) is 58.0 Å². The van der Waals surface area contributed by atoms with Gasteiger partial charge in [-0.05, 0) is 30.3 Å². The van der Waals surface area contributed by atoms with Gasteiger partial charge in [0, 0.05) is 21.2 Å². The first-order valence-corrected chi connectivity index (χ1v) is 6.48. The van der Waals surface area contributed by atoms with Crippen molar-refractivity contribution in [2.45, 2.75) is 0 Å². The van der Waals surface area contributed by atoms with E-state index in [9.17, 15) is 0 Å². The minimum absolute atomic E-state index is 0.364. The number of rotatable bonds is 1. The molecule has 0 spiro atoms. The topological polar surface area (TPSA) is 0 Å². The number of halogens is 5. The largest absolute Gasteiger partial charge is 0.0843 e. The van der Waals surface area contributed by atoms with Crippen molar-refractivity contribution in [1.82, 2.24) is 0 Å². The molecule has 0 fully saturated rings. The molecule has 17 heavy (non-hydrogen) atoms. The smallest absolute Gasteiger partial charge is 0.0686 e. The Bertz CT molecular complexity index is 577. The third kappa shape index (κ3) is 2.67. The summed E-state index contributed by atoms with van der Waals surface area (Å²) in [6.07, 6.45) is 0. The lowest BCUT2D eigenvalue weighted by Gasteiger charge is -2.10. The van der Waals surface area contributed by atoms with Gasteiger partial charge in [0.15, 0.2) is 0 Å². The first kappa shape index (κ1) is 13.3. The summed E-state index contributed by atoms with van der Waals surface area (Å²) in [5.41, 5.74) is 1.25. The van der Waals surface area contributed by atoms with Gasteiger partial charge in [0.25, 0.3) is 0 Å². The molecule has 0 saturated heterocycles. The standard InChI is InChI=1S/C12H5Cl5/c13-6-1-2-8(14)7(5-6)11-9(15)3-4-10(16)12(11)17/h1-5H. The van der Waals surface area contributed by atoms with Gasteiger partial charge in [0.05, 0.1) is 15.1 Å². The summed E-state index contributed by atoms with van der Waals surface area (Å²) in [4.78, 5) is 0. The highest BCUT2D eigenvalue weighted by Crippen LogP contribution is 2.42. The number of hydrogen-bond acceptors (Lipinski definition) is 0. The minimum atomic E-state index is 0.364. The molecule has 0 aromatic heterocycles. The van der Waals surface area contributed by atoms with Gasteiger partial charge in [0.1, 0.15) is 0 Å². The Morgan fingerprint density at radius 2 is 1.24 bits per heavy atom. The van der Waals surface area contributed by atoms with Crippen molar-refractivity contribution in [3.8, 4) is 11.1 Å². The van der Waals surface area contributed by atoms with Crippen LogP contribution in [0.4, 0.5) is 0 Å². The van der Waals surface area contributed by atoms with E-state index in [-0.39, 0.29) is 0 Å². The van der Waals surface area contributed by atoms with Gasteiger partial charge in [-0.3, -0.25) is 0 Å². The lowest BCUT2D eigenvalue weighted by atomic mass is 10.1. The van der Waals surface area contributed by atoms with Gasteiger partial charge in [-0.1, -0.05) is 58.0 Å². The van der Waals surface area contributed by atoms with Crippen LogP contribution in [-0.4, -0.2) is 0 Å². The Morgan fingerprint density at radius 1 is 0.647 bits per heavy atom. The van der Waals surface area contributed by atoms with Crippen LogP contribution < -0.4 is 0 Å². The quantitative estimate of drug-likeness (QED) is 0.517. The first-order chi connectivity index (χ1) is 8.00. The van der Waals surface area contributed by atoms with Gasteiger partial charge in [-0.25, -0.2) is 0 Å². The maximum Gasteiger partial charge on any atom is 0.0686 e. The molecule has 0 unspecified atom stereocenters. The molecule has 0 heterocycles. The molecule has 0 saturated carbocycles. The Kier molecular flexibility index (Phi) is 4.12. The maximum absolute atomic E-state index is 6.14. The number of benzene rings is 2. The van der Waals surface area contributed by atoms with Gasteiger partial charge < -0.3 is 0 Å². The van der Waals surface area contributed by atoms with Crippen LogP contribution in [0.2, 0.25) is 25.1 Å². The summed E-state index contributed by atoms with van der Waals surface area (Å²) in [5.74, 6) is 0. The Labute approximate surface area is 124 Å². The van der Waals surface area contributed by atoms with E-state index in [2.05, 4.69) is 0 Å². The third-order valence-electron chi connectivity index (χ3n) is 2.24. The van der Waals surface area contributed by atoms with Crippen LogP contribution in [0, 0.1) is 0 Å². The molecular weight excluding hydrogens is 321 g/mol. The van der Waals surface area contributed by atoms with Crippen LogP contribution >= 0.6 is 58.0 Å². The molecular formula is C12H5Cl5. The van der Waals surface area contributed by atoms with Gasteiger partial charge in [-0.15, -0.1) is 0 Å². The highest BCUT2D eigenvalue weighted by Gasteiger charge is 2.14. The first-order valence-electron chi connectivity index (χ1n) is 4.59. The van der Waals surface area contributed by atoms with Crippen LogP contribution in [0.3, 0.4) is 0 Å². The van der Waals surface area contributed by atoms with E-state index >= 15 is 0 Å². The highest BCUT2D eigenvalue weighted by atomic mass is 35.5. The van der Waals surface area contributed by atoms with E-state index in [1.54, 1.807) is 30.3 Å². The summed E-state index contributed by atoms with van der Waals surface area (Å²) in [6.45, 7) is 0. The van der Waals surface area contributed by atoms with E-state index in [1.165, 1.54) is 0 Å².